The molecule has 6 heteroatoms. The molecule has 1 saturated carbocycles. The molecule has 1 aliphatic heterocycles. The van der Waals surface area contributed by atoms with Crippen LogP contribution >= 0.6 is 0 Å². The molecule has 1 amide bonds. The van der Waals surface area contributed by atoms with Crippen molar-refractivity contribution in [3.8, 4) is 0 Å². The van der Waals surface area contributed by atoms with Crippen molar-refractivity contribution in [3.63, 3.8) is 0 Å². The van der Waals surface area contributed by atoms with Gasteiger partial charge in [0.25, 0.3) is 5.56 Å². The van der Waals surface area contributed by atoms with E-state index in [-0.39, 0.29) is 29.7 Å². The van der Waals surface area contributed by atoms with Crippen LogP contribution in [-0.4, -0.2) is 21.6 Å². The lowest BCUT2D eigenvalue weighted by Crippen LogP contribution is -2.46. The smallest absolute Gasteiger partial charge is 0.311 e. The second-order valence-corrected chi connectivity index (χ2v) is 8.63. The number of hydrogen-bond donors (Lipinski definition) is 0. The number of benzene rings is 2. The molecule has 31 heavy (non-hydrogen) atoms. The molecule has 0 N–H and O–H groups in total. The lowest BCUT2D eigenvalue weighted by atomic mass is 9.95. The second kappa shape index (κ2) is 8.17. The van der Waals surface area contributed by atoms with E-state index in [4.69, 9.17) is 0 Å². The van der Waals surface area contributed by atoms with Gasteiger partial charge in [0, 0.05) is 18.3 Å². The molecule has 2 aliphatic rings. The van der Waals surface area contributed by atoms with Gasteiger partial charge >= 0.3 is 5.69 Å². The number of hydrogen-bond acceptors (Lipinski definition) is 3. The maximum atomic E-state index is 13.5. The van der Waals surface area contributed by atoms with Crippen LogP contribution in [0.5, 0.6) is 0 Å². The first-order valence-corrected chi connectivity index (χ1v) is 11.3. The Morgan fingerprint density at radius 3 is 2.48 bits per heavy atom. The predicted octanol–water partition coefficient (Wildman–Crippen LogP) is 3.65. The summed E-state index contributed by atoms with van der Waals surface area (Å²) in [6.45, 7) is 0.575. The fraction of sp³-hybridized carbons (Fsp3) is 0.400. The SMILES string of the molecule is O=C(Cn1c(=O)n(C2CCCCC2)c(=O)c2ccccc21)N1CCCc2ccccc21. The summed E-state index contributed by atoms with van der Waals surface area (Å²) in [6, 6.07) is 15.0. The molecule has 3 aromatic rings. The predicted molar refractivity (Wildman–Crippen MR) is 122 cm³/mol. The summed E-state index contributed by atoms with van der Waals surface area (Å²) >= 11 is 0. The Morgan fingerprint density at radius 2 is 1.65 bits per heavy atom. The van der Waals surface area contributed by atoms with Crippen molar-refractivity contribution in [2.24, 2.45) is 0 Å². The highest BCUT2D eigenvalue weighted by atomic mass is 16.2. The summed E-state index contributed by atoms with van der Waals surface area (Å²) in [5.41, 5.74) is 2.01. The zero-order valence-corrected chi connectivity index (χ0v) is 17.6. The van der Waals surface area contributed by atoms with E-state index in [0.717, 1.165) is 56.2 Å². The zero-order chi connectivity index (χ0) is 21.4. The standard InChI is InChI=1S/C25H27N3O3/c29-23(26-16-8-10-18-9-4-6-14-21(18)26)17-27-22-15-7-5-13-20(22)24(30)28(25(27)31)19-11-2-1-3-12-19/h4-7,9,13-15,19H,1-3,8,10-12,16-17H2. The van der Waals surface area contributed by atoms with E-state index in [1.165, 1.54) is 9.13 Å². The topological polar surface area (TPSA) is 64.3 Å². The Hall–Kier alpha value is -3.15. The van der Waals surface area contributed by atoms with Crippen molar-refractivity contribution in [2.75, 3.05) is 11.4 Å². The van der Waals surface area contributed by atoms with Gasteiger partial charge in [-0.05, 0) is 49.4 Å². The summed E-state index contributed by atoms with van der Waals surface area (Å²) < 4.78 is 2.92. The third-order valence-corrected chi connectivity index (χ3v) is 6.73. The lowest BCUT2D eigenvalue weighted by molar-refractivity contribution is -0.119. The largest absolute Gasteiger partial charge is 0.332 e. The molecule has 0 unspecified atom stereocenters. The highest BCUT2D eigenvalue weighted by Crippen LogP contribution is 2.28. The Labute approximate surface area is 180 Å². The maximum Gasteiger partial charge on any atom is 0.332 e. The van der Waals surface area contributed by atoms with E-state index in [1.807, 2.05) is 30.3 Å². The van der Waals surface area contributed by atoms with Gasteiger partial charge in [0.2, 0.25) is 5.91 Å². The molecule has 1 aliphatic carbocycles. The van der Waals surface area contributed by atoms with Crippen molar-refractivity contribution in [1.82, 2.24) is 9.13 Å². The summed E-state index contributed by atoms with van der Waals surface area (Å²) in [6.07, 6.45) is 6.71. The van der Waals surface area contributed by atoms with Gasteiger partial charge in [-0.1, -0.05) is 49.6 Å². The molecule has 0 saturated heterocycles. The number of nitrogens with zero attached hydrogens (tertiary/aromatic N) is 3. The Kier molecular flexibility index (Phi) is 5.22. The Bertz CT molecular complexity index is 1250. The van der Waals surface area contributed by atoms with Crippen LogP contribution in [0.15, 0.2) is 58.1 Å². The van der Waals surface area contributed by atoms with Gasteiger partial charge in [-0.3, -0.25) is 18.7 Å². The third-order valence-electron chi connectivity index (χ3n) is 6.73. The van der Waals surface area contributed by atoms with Gasteiger partial charge in [0.15, 0.2) is 0 Å². The molecule has 6 nitrogen and oxygen atoms in total. The Morgan fingerprint density at radius 1 is 0.903 bits per heavy atom. The van der Waals surface area contributed by atoms with E-state index >= 15 is 0 Å². The minimum absolute atomic E-state index is 0.0688. The monoisotopic (exact) mass is 417 g/mol. The molecule has 0 radical (unpaired) electrons. The minimum Gasteiger partial charge on any atom is -0.311 e. The molecular weight excluding hydrogens is 390 g/mol. The molecule has 0 bridgehead atoms. The number of para-hydroxylation sites is 2. The van der Waals surface area contributed by atoms with Gasteiger partial charge in [0.1, 0.15) is 6.54 Å². The van der Waals surface area contributed by atoms with Crippen LogP contribution in [0.2, 0.25) is 0 Å². The average Bonchev–Trinajstić information content (AvgIpc) is 2.82. The number of carbonyl (C=O) groups is 1. The summed E-state index contributed by atoms with van der Waals surface area (Å²) in [5, 5.41) is 0.500. The fourth-order valence-corrected chi connectivity index (χ4v) is 5.17. The molecule has 5 rings (SSSR count). The molecule has 2 heterocycles. The maximum absolute atomic E-state index is 13.5. The van der Waals surface area contributed by atoms with Gasteiger partial charge in [-0.2, -0.15) is 0 Å². The number of aryl methyl sites for hydroxylation is 1. The molecule has 0 atom stereocenters. The van der Waals surface area contributed by atoms with E-state index in [9.17, 15) is 14.4 Å². The first-order chi connectivity index (χ1) is 15.1. The normalized spacial score (nSPS) is 17.0. The Balaban J connectivity index is 1.59. The second-order valence-electron chi connectivity index (χ2n) is 8.63. The average molecular weight is 418 g/mol. The zero-order valence-electron chi connectivity index (χ0n) is 17.6. The molecule has 160 valence electrons. The van der Waals surface area contributed by atoms with Crippen LogP contribution < -0.4 is 16.1 Å². The summed E-state index contributed by atoms with van der Waals surface area (Å²) in [7, 11) is 0. The molecular formula is C25H27N3O3. The summed E-state index contributed by atoms with van der Waals surface area (Å²) in [4.78, 5) is 41.9. The van der Waals surface area contributed by atoms with Gasteiger partial charge in [-0.25, -0.2) is 4.79 Å². The van der Waals surface area contributed by atoms with E-state index in [0.29, 0.717) is 17.4 Å². The molecule has 0 spiro atoms. The quantitative estimate of drug-likeness (QED) is 0.654. The van der Waals surface area contributed by atoms with Crippen molar-refractivity contribution in [2.45, 2.75) is 57.5 Å². The highest BCUT2D eigenvalue weighted by molar-refractivity contribution is 5.95. The summed E-state index contributed by atoms with van der Waals surface area (Å²) in [5.74, 6) is -0.117. The van der Waals surface area contributed by atoms with Crippen molar-refractivity contribution < 1.29 is 4.79 Å². The van der Waals surface area contributed by atoms with E-state index < -0.39 is 0 Å². The number of aromatic nitrogens is 2. The van der Waals surface area contributed by atoms with Crippen molar-refractivity contribution >= 4 is 22.5 Å². The third kappa shape index (κ3) is 3.50. The lowest BCUT2D eigenvalue weighted by Gasteiger charge is -2.30. The van der Waals surface area contributed by atoms with E-state index in [2.05, 4.69) is 6.07 Å². The number of anilines is 1. The van der Waals surface area contributed by atoms with Crippen LogP contribution in [0.1, 0.15) is 50.1 Å². The number of amides is 1. The van der Waals surface area contributed by atoms with E-state index in [1.54, 1.807) is 17.0 Å². The van der Waals surface area contributed by atoms with Gasteiger partial charge < -0.3 is 4.90 Å². The van der Waals surface area contributed by atoms with Crippen LogP contribution in [0.25, 0.3) is 10.9 Å². The van der Waals surface area contributed by atoms with Gasteiger partial charge in [-0.15, -0.1) is 0 Å². The number of fused-ring (bicyclic) bond motifs is 2. The van der Waals surface area contributed by atoms with Crippen LogP contribution in [-0.2, 0) is 17.8 Å². The molecule has 1 fully saturated rings. The molecule has 2 aromatic carbocycles. The minimum atomic E-state index is -0.366. The number of rotatable bonds is 3. The fourth-order valence-electron chi connectivity index (χ4n) is 5.17. The first kappa shape index (κ1) is 19.8. The first-order valence-electron chi connectivity index (χ1n) is 11.3. The number of carbonyl (C=O) groups excluding carboxylic acids is 1. The van der Waals surface area contributed by atoms with Crippen LogP contribution in [0, 0.1) is 0 Å². The molecule has 1 aromatic heterocycles. The highest BCUT2D eigenvalue weighted by Gasteiger charge is 2.26. The van der Waals surface area contributed by atoms with Crippen molar-refractivity contribution in [1.29, 1.82) is 0 Å². The van der Waals surface area contributed by atoms with Gasteiger partial charge in [0.05, 0.1) is 10.9 Å². The van der Waals surface area contributed by atoms with Crippen LogP contribution in [0.4, 0.5) is 5.69 Å². The van der Waals surface area contributed by atoms with Crippen molar-refractivity contribution in [3.05, 3.63) is 74.9 Å². The van der Waals surface area contributed by atoms with Crippen LogP contribution in [0.3, 0.4) is 0 Å².